The van der Waals surface area contributed by atoms with E-state index in [1.54, 1.807) is 11.8 Å². The predicted octanol–water partition coefficient (Wildman–Crippen LogP) is 3.87. The number of nitrogens with zero attached hydrogens (tertiary/aromatic N) is 1. The summed E-state index contributed by atoms with van der Waals surface area (Å²) in [5, 5.41) is 0.984. The normalized spacial score (nSPS) is 11.6. The zero-order valence-electron chi connectivity index (χ0n) is 10.6. The molecule has 1 rings (SSSR count). The summed E-state index contributed by atoms with van der Waals surface area (Å²) in [5.74, 6) is 0.164. The molecule has 0 aliphatic rings. The van der Waals surface area contributed by atoms with Crippen LogP contribution in [0.25, 0.3) is 0 Å². The molecule has 0 bridgehead atoms. The fourth-order valence-electron chi connectivity index (χ4n) is 1.39. The number of carbonyl (C=O) groups is 1. The summed E-state index contributed by atoms with van der Waals surface area (Å²) < 4.78 is 0.149. The number of pyridine rings is 1. The number of aromatic nitrogens is 1. The van der Waals surface area contributed by atoms with Gasteiger partial charge in [0.05, 0.1) is 5.03 Å². The monoisotopic (exact) mass is 237 g/mol. The van der Waals surface area contributed by atoms with Crippen LogP contribution in [0.4, 0.5) is 0 Å². The van der Waals surface area contributed by atoms with Gasteiger partial charge >= 0.3 is 0 Å². The van der Waals surface area contributed by atoms with E-state index in [1.165, 1.54) is 0 Å². The molecule has 0 saturated heterocycles. The second-order valence-corrected chi connectivity index (χ2v) is 6.62. The summed E-state index contributed by atoms with van der Waals surface area (Å²) in [4.78, 5) is 16.1. The Balaban J connectivity index is 2.96. The fraction of sp³-hybridized carbons (Fsp3) is 0.538. The average Bonchev–Trinajstić information content (AvgIpc) is 2.14. The maximum absolute atomic E-state index is 11.6. The molecule has 0 N–H and O–H groups in total. The lowest BCUT2D eigenvalue weighted by Gasteiger charge is -2.17. The molecule has 1 heterocycles. The minimum Gasteiger partial charge on any atom is -0.294 e. The third-order valence-corrected chi connectivity index (χ3v) is 3.14. The second-order valence-electron chi connectivity index (χ2n) is 4.77. The highest BCUT2D eigenvalue weighted by molar-refractivity contribution is 8.00. The van der Waals surface area contributed by atoms with Crippen molar-refractivity contribution in [1.82, 2.24) is 4.98 Å². The first-order chi connectivity index (χ1) is 7.33. The van der Waals surface area contributed by atoms with Crippen LogP contribution < -0.4 is 0 Å². The second kappa shape index (κ2) is 5.00. The molecule has 0 amide bonds. The van der Waals surface area contributed by atoms with Gasteiger partial charge in [0.1, 0.15) is 0 Å². The minimum atomic E-state index is 0.149. The number of carbonyl (C=O) groups excluding carboxylic acids is 1. The number of thioether (sulfide) groups is 1. The zero-order chi connectivity index (χ0) is 12.3. The predicted molar refractivity (Wildman–Crippen MR) is 69.2 cm³/mol. The summed E-state index contributed by atoms with van der Waals surface area (Å²) in [6.45, 7) is 10.2. The largest absolute Gasteiger partial charge is 0.294 e. The molecule has 0 saturated carbocycles. The Kier molecular flexibility index (Phi) is 4.14. The number of Topliss-reactive ketones (excluding diaryl/α,β-unsaturated/α-hetero) is 1. The van der Waals surface area contributed by atoms with E-state index < -0.39 is 0 Å². The number of aryl methyl sites for hydroxylation is 1. The molecule has 1 aromatic rings. The molecule has 0 aromatic carbocycles. The van der Waals surface area contributed by atoms with Gasteiger partial charge in [-0.15, -0.1) is 11.8 Å². The molecule has 0 spiro atoms. The highest BCUT2D eigenvalue weighted by Crippen LogP contribution is 2.30. The molecular weight excluding hydrogens is 218 g/mol. The van der Waals surface area contributed by atoms with E-state index in [0.29, 0.717) is 6.42 Å². The van der Waals surface area contributed by atoms with Crippen LogP contribution in [0.2, 0.25) is 0 Å². The minimum absolute atomic E-state index is 0.149. The molecule has 0 radical (unpaired) electrons. The Morgan fingerprint density at radius 3 is 2.44 bits per heavy atom. The molecule has 1 aromatic heterocycles. The summed E-state index contributed by atoms with van der Waals surface area (Å²) >= 11 is 1.72. The third kappa shape index (κ3) is 3.63. The molecule has 0 atom stereocenters. The van der Waals surface area contributed by atoms with E-state index >= 15 is 0 Å². The Labute approximate surface area is 102 Å². The van der Waals surface area contributed by atoms with Crippen molar-refractivity contribution in [3.63, 3.8) is 0 Å². The van der Waals surface area contributed by atoms with Crippen LogP contribution in [-0.4, -0.2) is 15.5 Å². The van der Waals surface area contributed by atoms with Crippen LogP contribution in [0.5, 0.6) is 0 Å². The smallest absolute Gasteiger partial charge is 0.164 e. The topological polar surface area (TPSA) is 30.0 Å². The van der Waals surface area contributed by atoms with Crippen LogP contribution in [0.1, 0.15) is 50.2 Å². The van der Waals surface area contributed by atoms with Gasteiger partial charge in [0.2, 0.25) is 0 Å². The van der Waals surface area contributed by atoms with Crippen LogP contribution >= 0.6 is 11.8 Å². The van der Waals surface area contributed by atoms with Crippen LogP contribution in [0.15, 0.2) is 17.2 Å². The molecule has 0 unspecified atom stereocenters. The number of rotatable bonds is 3. The van der Waals surface area contributed by atoms with E-state index in [-0.39, 0.29) is 10.5 Å². The fourth-order valence-corrected chi connectivity index (χ4v) is 2.34. The third-order valence-electron chi connectivity index (χ3n) is 2.09. The zero-order valence-corrected chi connectivity index (χ0v) is 11.4. The van der Waals surface area contributed by atoms with Gasteiger partial charge in [0.15, 0.2) is 5.78 Å². The Morgan fingerprint density at radius 2 is 2.00 bits per heavy atom. The lowest BCUT2D eigenvalue weighted by Crippen LogP contribution is -2.08. The number of ketones is 1. The average molecular weight is 237 g/mol. The van der Waals surface area contributed by atoms with Crippen LogP contribution in [0, 0.1) is 6.92 Å². The van der Waals surface area contributed by atoms with Gasteiger partial charge in [-0.25, -0.2) is 4.98 Å². The maximum Gasteiger partial charge on any atom is 0.164 e. The molecule has 88 valence electrons. The first-order valence-corrected chi connectivity index (χ1v) is 6.35. The first kappa shape index (κ1) is 13.2. The molecule has 0 aliphatic heterocycles. The first-order valence-electron chi connectivity index (χ1n) is 5.53. The highest BCUT2D eigenvalue weighted by atomic mass is 32.2. The van der Waals surface area contributed by atoms with Crippen molar-refractivity contribution in [1.29, 1.82) is 0 Å². The molecule has 3 heteroatoms. The number of hydrogen-bond acceptors (Lipinski definition) is 3. The SMILES string of the molecule is CCC(=O)c1ccc(SC(C)(C)C)nc1C. The lowest BCUT2D eigenvalue weighted by molar-refractivity contribution is 0.0987. The van der Waals surface area contributed by atoms with Gasteiger partial charge in [-0.05, 0) is 19.1 Å². The van der Waals surface area contributed by atoms with Crippen molar-refractivity contribution in [2.45, 2.75) is 50.8 Å². The molecule has 16 heavy (non-hydrogen) atoms. The molecule has 0 fully saturated rings. The molecule has 2 nitrogen and oxygen atoms in total. The summed E-state index contributed by atoms with van der Waals surface area (Å²) in [6, 6.07) is 3.83. The van der Waals surface area contributed by atoms with Crippen molar-refractivity contribution in [2.75, 3.05) is 0 Å². The van der Waals surface area contributed by atoms with Crippen LogP contribution in [-0.2, 0) is 0 Å². The number of hydrogen-bond donors (Lipinski definition) is 0. The Hall–Kier alpha value is -0.830. The van der Waals surface area contributed by atoms with Crippen LogP contribution in [0.3, 0.4) is 0 Å². The van der Waals surface area contributed by atoms with Crippen molar-refractivity contribution in [2.24, 2.45) is 0 Å². The summed E-state index contributed by atoms with van der Waals surface area (Å²) in [5.41, 5.74) is 1.59. The molecule has 0 aliphatic carbocycles. The van der Waals surface area contributed by atoms with Crippen molar-refractivity contribution in [3.8, 4) is 0 Å². The quantitative estimate of drug-likeness (QED) is 0.590. The van der Waals surface area contributed by atoms with Crippen molar-refractivity contribution in [3.05, 3.63) is 23.4 Å². The van der Waals surface area contributed by atoms with Crippen molar-refractivity contribution >= 4 is 17.5 Å². The van der Waals surface area contributed by atoms with E-state index in [2.05, 4.69) is 25.8 Å². The molecular formula is C13H19NOS. The Bertz CT molecular complexity index is 393. The van der Waals surface area contributed by atoms with Crippen molar-refractivity contribution < 1.29 is 4.79 Å². The van der Waals surface area contributed by atoms with E-state index in [0.717, 1.165) is 16.3 Å². The van der Waals surface area contributed by atoms with E-state index in [4.69, 9.17) is 0 Å². The van der Waals surface area contributed by atoms with Gasteiger partial charge in [-0.3, -0.25) is 4.79 Å². The standard InChI is InChI=1S/C13H19NOS/c1-6-11(15)10-7-8-12(14-9(10)2)16-13(3,4)5/h7-8H,6H2,1-5H3. The van der Waals surface area contributed by atoms with Gasteiger partial charge in [0, 0.05) is 22.4 Å². The lowest BCUT2D eigenvalue weighted by atomic mass is 10.1. The van der Waals surface area contributed by atoms with Gasteiger partial charge in [0.25, 0.3) is 0 Å². The maximum atomic E-state index is 11.6. The van der Waals surface area contributed by atoms with E-state index in [9.17, 15) is 4.79 Å². The summed E-state index contributed by atoms with van der Waals surface area (Å²) in [6.07, 6.45) is 0.536. The van der Waals surface area contributed by atoms with Gasteiger partial charge < -0.3 is 0 Å². The van der Waals surface area contributed by atoms with E-state index in [1.807, 2.05) is 26.0 Å². The van der Waals surface area contributed by atoms with Gasteiger partial charge in [-0.2, -0.15) is 0 Å². The van der Waals surface area contributed by atoms with Gasteiger partial charge in [-0.1, -0.05) is 27.7 Å². The summed E-state index contributed by atoms with van der Waals surface area (Å²) in [7, 11) is 0. The highest BCUT2D eigenvalue weighted by Gasteiger charge is 2.15. The Morgan fingerprint density at radius 1 is 1.38 bits per heavy atom.